The number of carbonyl (C=O) groups excluding carboxylic acids is 1. The molecule has 0 saturated carbocycles. The predicted octanol–water partition coefficient (Wildman–Crippen LogP) is 5.43. The molecule has 0 atom stereocenters. The van der Waals surface area contributed by atoms with Crippen molar-refractivity contribution in [3.05, 3.63) is 76.0 Å². The van der Waals surface area contributed by atoms with Gasteiger partial charge in [-0.15, -0.1) is 0 Å². The van der Waals surface area contributed by atoms with E-state index in [0.29, 0.717) is 37.7 Å². The van der Waals surface area contributed by atoms with Crippen molar-refractivity contribution < 1.29 is 9.21 Å². The van der Waals surface area contributed by atoms with Crippen LogP contribution in [0.3, 0.4) is 0 Å². The molecule has 0 radical (unpaired) electrons. The summed E-state index contributed by atoms with van der Waals surface area (Å²) in [6.45, 7) is 0. The number of hydrogen-bond acceptors (Lipinski definition) is 5. The molecule has 1 amide bonds. The van der Waals surface area contributed by atoms with Crippen molar-refractivity contribution in [3.8, 4) is 11.5 Å². The maximum Gasteiger partial charge on any atom is 0.259 e. The van der Waals surface area contributed by atoms with Gasteiger partial charge in [0.25, 0.3) is 5.91 Å². The van der Waals surface area contributed by atoms with E-state index in [-0.39, 0.29) is 11.0 Å². The van der Waals surface area contributed by atoms with E-state index >= 15 is 0 Å². The minimum atomic E-state index is -0.349. The van der Waals surface area contributed by atoms with Crippen LogP contribution in [0.4, 0.5) is 5.69 Å². The first-order valence-electron chi connectivity index (χ1n) is 8.37. The summed E-state index contributed by atoms with van der Waals surface area (Å²) in [7, 11) is 0. The van der Waals surface area contributed by atoms with E-state index in [1.165, 1.54) is 6.20 Å². The van der Waals surface area contributed by atoms with Crippen molar-refractivity contribution >= 4 is 67.6 Å². The number of benzene rings is 2. The first-order valence-corrected chi connectivity index (χ1v) is 9.95. The molecular weight excluding hydrogens is 476 g/mol. The molecule has 0 unspecified atom stereocenters. The summed E-state index contributed by atoms with van der Waals surface area (Å²) in [5, 5.41) is 6.37. The lowest BCUT2D eigenvalue weighted by Gasteiger charge is -2.10. The van der Waals surface area contributed by atoms with Crippen molar-refractivity contribution in [2.24, 2.45) is 0 Å². The average Bonchev–Trinajstić information content (AvgIpc) is 3.11. The summed E-state index contributed by atoms with van der Waals surface area (Å²) in [6, 6.07) is 14.3. The van der Waals surface area contributed by atoms with Crippen molar-refractivity contribution in [1.82, 2.24) is 15.3 Å². The van der Waals surface area contributed by atoms with Gasteiger partial charge in [0.1, 0.15) is 5.52 Å². The Kier molecular flexibility index (Phi) is 5.57. The van der Waals surface area contributed by atoms with Crippen LogP contribution < -0.4 is 10.6 Å². The Morgan fingerprint density at radius 2 is 1.90 bits per heavy atom. The Morgan fingerprint density at radius 3 is 2.66 bits per heavy atom. The van der Waals surface area contributed by atoms with Gasteiger partial charge in [-0.1, -0.05) is 11.6 Å². The fraction of sp³-hybridized carbons (Fsp3) is 0. The molecule has 0 saturated heterocycles. The summed E-state index contributed by atoms with van der Waals surface area (Å²) >= 11 is 14.5. The fourth-order valence-corrected chi connectivity index (χ4v) is 3.34. The van der Waals surface area contributed by atoms with Crippen LogP contribution in [0, 0.1) is 0 Å². The third-order valence-electron chi connectivity index (χ3n) is 3.93. The number of halogens is 2. The van der Waals surface area contributed by atoms with E-state index in [2.05, 4.69) is 36.5 Å². The molecule has 2 aromatic heterocycles. The molecule has 2 heterocycles. The van der Waals surface area contributed by atoms with Gasteiger partial charge in [0.05, 0.1) is 5.56 Å². The molecule has 0 aliphatic rings. The fourth-order valence-electron chi connectivity index (χ4n) is 2.59. The quantitative estimate of drug-likeness (QED) is 0.375. The maximum absolute atomic E-state index is 12.2. The van der Waals surface area contributed by atoms with Crippen LogP contribution in [0.1, 0.15) is 10.4 Å². The van der Waals surface area contributed by atoms with E-state index in [4.69, 9.17) is 28.2 Å². The van der Waals surface area contributed by atoms with Crippen LogP contribution in [0.25, 0.3) is 22.6 Å². The topological polar surface area (TPSA) is 80.0 Å². The molecule has 0 fully saturated rings. The Balaban J connectivity index is 1.43. The zero-order valence-electron chi connectivity index (χ0n) is 14.6. The van der Waals surface area contributed by atoms with Crippen molar-refractivity contribution in [2.45, 2.75) is 0 Å². The molecule has 6 nitrogen and oxygen atoms in total. The second kappa shape index (κ2) is 8.28. The van der Waals surface area contributed by atoms with Crippen molar-refractivity contribution in [2.75, 3.05) is 5.32 Å². The summed E-state index contributed by atoms with van der Waals surface area (Å²) < 4.78 is 6.47. The number of hydrogen-bond donors (Lipinski definition) is 2. The molecule has 0 spiro atoms. The molecule has 9 heteroatoms. The van der Waals surface area contributed by atoms with Gasteiger partial charge < -0.3 is 9.73 Å². The number of thiocarbonyl (C=S) groups is 1. The van der Waals surface area contributed by atoms with E-state index < -0.39 is 0 Å². The van der Waals surface area contributed by atoms with Gasteiger partial charge in [-0.3, -0.25) is 15.1 Å². The summed E-state index contributed by atoms with van der Waals surface area (Å²) in [6.07, 6.45) is 3.06. The number of amides is 1. The van der Waals surface area contributed by atoms with Crippen LogP contribution in [0.15, 0.2) is 69.8 Å². The van der Waals surface area contributed by atoms with Crippen LogP contribution >= 0.6 is 39.7 Å². The first-order chi connectivity index (χ1) is 14.0. The number of fused-ring (bicyclic) bond motifs is 1. The zero-order chi connectivity index (χ0) is 20.4. The second-order valence-corrected chi connectivity index (χ2v) is 7.77. The zero-order valence-corrected chi connectivity index (χ0v) is 17.8. The van der Waals surface area contributed by atoms with E-state index in [1.54, 1.807) is 30.5 Å². The van der Waals surface area contributed by atoms with Crippen LogP contribution in [0.5, 0.6) is 0 Å². The molecular formula is C20H12BrClN4O2S. The normalized spacial score (nSPS) is 10.7. The Morgan fingerprint density at radius 1 is 1.10 bits per heavy atom. The molecule has 2 aromatic carbocycles. The van der Waals surface area contributed by atoms with Gasteiger partial charge in [0, 0.05) is 33.1 Å². The highest BCUT2D eigenvalue weighted by molar-refractivity contribution is 9.10. The molecule has 0 aliphatic carbocycles. The average molecular weight is 488 g/mol. The highest BCUT2D eigenvalue weighted by Gasteiger charge is 2.11. The maximum atomic E-state index is 12.2. The summed E-state index contributed by atoms with van der Waals surface area (Å²) in [5.74, 6) is 0.143. The molecule has 144 valence electrons. The standard InChI is InChI=1S/C20H12BrClN4O2S/c21-13-7-12(9-23-10-13)18(27)26-20(29)24-15-4-1-11(2-5-15)19-25-16-8-14(22)3-6-17(16)28-19/h1-10H,(H2,24,26,27,29). The smallest absolute Gasteiger partial charge is 0.259 e. The molecule has 29 heavy (non-hydrogen) atoms. The molecule has 0 aliphatic heterocycles. The minimum Gasteiger partial charge on any atom is -0.436 e. The SMILES string of the molecule is O=C(NC(=S)Nc1ccc(-c2nc3cc(Cl)ccc3o2)cc1)c1cncc(Br)c1. The Hall–Kier alpha value is -2.81. The van der Waals surface area contributed by atoms with Gasteiger partial charge in [-0.05, 0) is 76.7 Å². The second-order valence-electron chi connectivity index (χ2n) is 6.01. The molecule has 4 aromatic rings. The van der Waals surface area contributed by atoms with Gasteiger partial charge in [-0.2, -0.15) is 0 Å². The lowest BCUT2D eigenvalue weighted by Crippen LogP contribution is -2.34. The van der Waals surface area contributed by atoms with E-state index in [1.807, 2.05) is 24.3 Å². The molecule has 4 rings (SSSR count). The molecule has 0 bridgehead atoms. The first kappa shape index (κ1) is 19.5. The highest BCUT2D eigenvalue weighted by atomic mass is 79.9. The lowest BCUT2D eigenvalue weighted by atomic mass is 10.2. The number of carbonyl (C=O) groups is 1. The van der Waals surface area contributed by atoms with Crippen molar-refractivity contribution in [3.63, 3.8) is 0 Å². The van der Waals surface area contributed by atoms with Gasteiger partial charge in [-0.25, -0.2) is 4.98 Å². The van der Waals surface area contributed by atoms with E-state index in [9.17, 15) is 4.79 Å². The number of rotatable bonds is 3. The lowest BCUT2D eigenvalue weighted by molar-refractivity contribution is 0.0977. The number of oxazole rings is 1. The van der Waals surface area contributed by atoms with Gasteiger partial charge in [0.15, 0.2) is 10.7 Å². The van der Waals surface area contributed by atoms with E-state index in [0.717, 1.165) is 5.56 Å². The Bertz CT molecular complexity index is 1230. The largest absolute Gasteiger partial charge is 0.436 e. The monoisotopic (exact) mass is 486 g/mol. The summed E-state index contributed by atoms with van der Waals surface area (Å²) in [4.78, 5) is 20.6. The number of pyridine rings is 1. The minimum absolute atomic E-state index is 0.180. The highest BCUT2D eigenvalue weighted by Crippen LogP contribution is 2.27. The number of nitrogens with one attached hydrogen (secondary N) is 2. The number of nitrogens with zero attached hydrogens (tertiary/aromatic N) is 2. The van der Waals surface area contributed by atoms with Crippen LogP contribution in [0.2, 0.25) is 5.02 Å². The van der Waals surface area contributed by atoms with Crippen LogP contribution in [-0.4, -0.2) is 21.0 Å². The molecule has 2 N–H and O–H groups in total. The number of anilines is 1. The number of aromatic nitrogens is 2. The van der Waals surface area contributed by atoms with Gasteiger partial charge in [0.2, 0.25) is 5.89 Å². The van der Waals surface area contributed by atoms with Crippen LogP contribution in [-0.2, 0) is 0 Å². The Labute approximate surface area is 184 Å². The third-order valence-corrected chi connectivity index (χ3v) is 4.81. The predicted molar refractivity (Wildman–Crippen MR) is 120 cm³/mol. The van der Waals surface area contributed by atoms with Gasteiger partial charge >= 0.3 is 0 Å². The summed E-state index contributed by atoms with van der Waals surface area (Å²) in [5.41, 5.74) is 3.27. The third kappa shape index (κ3) is 4.61. The van der Waals surface area contributed by atoms with Crippen molar-refractivity contribution in [1.29, 1.82) is 0 Å².